The van der Waals surface area contributed by atoms with Crippen molar-refractivity contribution in [1.29, 1.82) is 0 Å². The number of hydrogen-bond acceptors (Lipinski definition) is 2. The van der Waals surface area contributed by atoms with E-state index in [0.29, 0.717) is 17.1 Å². The molecule has 0 saturated heterocycles. The quantitative estimate of drug-likeness (QED) is 0.775. The molecule has 4 heteroatoms. The Bertz CT molecular complexity index is 560. The number of para-hydroxylation sites is 1. The molecular weight excluding hydrogens is 287 g/mol. The molecule has 0 radical (unpaired) electrons. The minimum Gasteiger partial charge on any atom is -0.375 e. The van der Waals surface area contributed by atoms with Crippen molar-refractivity contribution < 1.29 is 4.39 Å². The van der Waals surface area contributed by atoms with Crippen molar-refractivity contribution in [3.05, 3.63) is 64.9 Å². The van der Waals surface area contributed by atoms with E-state index >= 15 is 0 Å². The summed E-state index contributed by atoms with van der Waals surface area (Å²) in [6, 6.07) is 14.9. The highest BCUT2D eigenvalue weighted by molar-refractivity contribution is 6.30. The lowest BCUT2D eigenvalue weighted by molar-refractivity contribution is 0.581. The Morgan fingerprint density at radius 1 is 1.14 bits per heavy atom. The van der Waals surface area contributed by atoms with Crippen LogP contribution in [0.3, 0.4) is 0 Å². The summed E-state index contributed by atoms with van der Waals surface area (Å²) < 4.78 is 13.5. The molecule has 0 aliphatic rings. The molecule has 2 aromatic carbocycles. The summed E-state index contributed by atoms with van der Waals surface area (Å²) in [5, 5.41) is 3.82. The molecule has 21 heavy (non-hydrogen) atoms. The Morgan fingerprint density at radius 3 is 2.67 bits per heavy atom. The molecular formula is C17H20ClFN2. The monoisotopic (exact) mass is 306 g/mol. The molecule has 2 nitrogen and oxygen atoms in total. The first-order valence-electron chi connectivity index (χ1n) is 7.07. The van der Waals surface area contributed by atoms with Crippen molar-refractivity contribution >= 4 is 17.3 Å². The van der Waals surface area contributed by atoms with Gasteiger partial charge in [0.1, 0.15) is 5.82 Å². The second-order valence-electron chi connectivity index (χ2n) is 5.02. The largest absolute Gasteiger partial charge is 0.375 e. The lowest BCUT2D eigenvalue weighted by Crippen LogP contribution is -2.23. The summed E-state index contributed by atoms with van der Waals surface area (Å²) in [6.45, 7) is 2.29. The molecule has 0 aromatic heterocycles. The van der Waals surface area contributed by atoms with Gasteiger partial charge in [-0.25, -0.2) is 4.39 Å². The van der Waals surface area contributed by atoms with Crippen molar-refractivity contribution in [3.8, 4) is 0 Å². The number of benzene rings is 2. The molecule has 0 heterocycles. The first-order chi connectivity index (χ1) is 10.2. The lowest BCUT2D eigenvalue weighted by atomic mass is 10.2. The molecule has 0 bridgehead atoms. The number of rotatable bonds is 7. The average Bonchev–Trinajstić information content (AvgIpc) is 2.51. The summed E-state index contributed by atoms with van der Waals surface area (Å²) in [6.07, 6.45) is 0.994. The minimum absolute atomic E-state index is 0.215. The van der Waals surface area contributed by atoms with Crippen LogP contribution in [-0.2, 0) is 6.54 Å². The van der Waals surface area contributed by atoms with Gasteiger partial charge in [-0.05, 0) is 43.3 Å². The highest BCUT2D eigenvalue weighted by Gasteiger charge is 2.03. The zero-order valence-corrected chi connectivity index (χ0v) is 12.9. The molecule has 2 aromatic rings. The van der Waals surface area contributed by atoms with Crippen molar-refractivity contribution in [2.24, 2.45) is 0 Å². The molecule has 0 aliphatic carbocycles. The maximum atomic E-state index is 13.5. The second kappa shape index (κ2) is 8.01. The number of anilines is 1. The molecule has 0 amide bonds. The van der Waals surface area contributed by atoms with Crippen LogP contribution in [0.2, 0.25) is 5.02 Å². The fraction of sp³-hybridized carbons (Fsp3) is 0.294. The van der Waals surface area contributed by atoms with Crippen LogP contribution in [0.1, 0.15) is 12.0 Å². The van der Waals surface area contributed by atoms with Crippen molar-refractivity contribution in [1.82, 2.24) is 5.32 Å². The fourth-order valence-corrected chi connectivity index (χ4v) is 2.35. The van der Waals surface area contributed by atoms with Gasteiger partial charge in [-0.15, -0.1) is 0 Å². The summed E-state index contributed by atoms with van der Waals surface area (Å²) in [7, 11) is 2.08. The van der Waals surface area contributed by atoms with Gasteiger partial charge >= 0.3 is 0 Å². The maximum absolute atomic E-state index is 13.5. The fourth-order valence-electron chi connectivity index (χ4n) is 2.15. The van der Waals surface area contributed by atoms with Crippen molar-refractivity contribution in [2.75, 3.05) is 25.0 Å². The number of halogens is 2. The third-order valence-electron chi connectivity index (χ3n) is 3.37. The van der Waals surface area contributed by atoms with Crippen molar-refractivity contribution in [2.45, 2.75) is 13.0 Å². The van der Waals surface area contributed by atoms with Gasteiger partial charge < -0.3 is 10.2 Å². The first kappa shape index (κ1) is 15.8. The third-order valence-corrected chi connectivity index (χ3v) is 3.60. The van der Waals surface area contributed by atoms with Gasteiger partial charge in [0.05, 0.1) is 0 Å². The van der Waals surface area contributed by atoms with Crippen LogP contribution < -0.4 is 10.2 Å². The summed E-state index contributed by atoms with van der Waals surface area (Å²) >= 11 is 5.87. The van der Waals surface area contributed by atoms with Crippen LogP contribution >= 0.6 is 11.6 Å². The van der Waals surface area contributed by atoms with E-state index in [1.54, 1.807) is 12.1 Å². The normalized spacial score (nSPS) is 10.6. The Hall–Kier alpha value is -1.58. The Morgan fingerprint density at radius 2 is 1.90 bits per heavy atom. The highest BCUT2D eigenvalue weighted by atomic mass is 35.5. The summed E-state index contributed by atoms with van der Waals surface area (Å²) in [4.78, 5) is 2.21. The van der Waals surface area contributed by atoms with E-state index < -0.39 is 0 Å². The van der Waals surface area contributed by atoms with Gasteiger partial charge in [0.25, 0.3) is 0 Å². The molecule has 0 unspecified atom stereocenters. The van der Waals surface area contributed by atoms with Crippen LogP contribution in [0, 0.1) is 5.82 Å². The van der Waals surface area contributed by atoms with Crippen LogP contribution in [0.15, 0.2) is 48.5 Å². The van der Waals surface area contributed by atoms with Crippen LogP contribution in [0.4, 0.5) is 10.1 Å². The number of nitrogens with zero attached hydrogens (tertiary/aromatic N) is 1. The SMILES string of the molecule is CN(CCCNCc1cc(Cl)ccc1F)c1ccccc1. The Labute approximate surface area is 130 Å². The van der Waals surface area contributed by atoms with E-state index in [-0.39, 0.29) is 5.82 Å². The molecule has 112 valence electrons. The summed E-state index contributed by atoms with van der Waals surface area (Å²) in [5.41, 5.74) is 1.82. The molecule has 0 aliphatic heterocycles. The van der Waals surface area contributed by atoms with Crippen LogP contribution in [0.5, 0.6) is 0 Å². The Kier molecular flexibility index (Phi) is 6.03. The van der Waals surface area contributed by atoms with E-state index in [9.17, 15) is 4.39 Å². The predicted molar refractivity (Wildman–Crippen MR) is 87.4 cm³/mol. The van der Waals surface area contributed by atoms with Gasteiger partial charge in [0.2, 0.25) is 0 Å². The summed E-state index contributed by atoms with van der Waals surface area (Å²) in [5.74, 6) is -0.215. The molecule has 0 spiro atoms. The predicted octanol–water partition coefficient (Wildman–Crippen LogP) is 4.10. The highest BCUT2D eigenvalue weighted by Crippen LogP contribution is 2.14. The maximum Gasteiger partial charge on any atom is 0.127 e. The molecule has 2 rings (SSSR count). The van der Waals surface area contributed by atoms with Crippen LogP contribution in [-0.4, -0.2) is 20.1 Å². The average molecular weight is 307 g/mol. The van der Waals surface area contributed by atoms with E-state index in [2.05, 4.69) is 29.4 Å². The van der Waals surface area contributed by atoms with Gasteiger partial charge in [0, 0.05) is 36.4 Å². The van der Waals surface area contributed by atoms with E-state index in [4.69, 9.17) is 11.6 Å². The van der Waals surface area contributed by atoms with Crippen LogP contribution in [0.25, 0.3) is 0 Å². The number of hydrogen-bond donors (Lipinski definition) is 1. The first-order valence-corrected chi connectivity index (χ1v) is 7.45. The third kappa shape index (κ3) is 5.03. The second-order valence-corrected chi connectivity index (χ2v) is 5.46. The molecule has 0 atom stereocenters. The Balaban J connectivity index is 1.69. The van der Waals surface area contributed by atoms with Gasteiger partial charge in [0.15, 0.2) is 0 Å². The van der Waals surface area contributed by atoms with E-state index in [1.165, 1.54) is 11.8 Å². The topological polar surface area (TPSA) is 15.3 Å². The number of nitrogens with one attached hydrogen (secondary N) is 1. The van der Waals surface area contributed by atoms with Crippen molar-refractivity contribution in [3.63, 3.8) is 0 Å². The smallest absolute Gasteiger partial charge is 0.127 e. The molecule has 1 N–H and O–H groups in total. The zero-order valence-electron chi connectivity index (χ0n) is 12.2. The van der Waals surface area contributed by atoms with Gasteiger partial charge in [-0.3, -0.25) is 0 Å². The van der Waals surface area contributed by atoms with Gasteiger partial charge in [-0.2, -0.15) is 0 Å². The van der Waals surface area contributed by atoms with E-state index in [1.807, 2.05) is 18.2 Å². The lowest BCUT2D eigenvalue weighted by Gasteiger charge is -2.19. The molecule has 0 saturated carbocycles. The standard InChI is InChI=1S/C17H20ClFN2/c1-21(16-6-3-2-4-7-16)11-5-10-20-13-14-12-15(18)8-9-17(14)19/h2-4,6-9,12,20H,5,10-11,13H2,1H3. The van der Waals surface area contributed by atoms with E-state index in [0.717, 1.165) is 19.5 Å². The van der Waals surface area contributed by atoms with Gasteiger partial charge in [-0.1, -0.05) is 29.8 Å². The minimum atomic E-state index is -0.215. The molecule has 0 fully saturated rings. The zero-order chi connectivity index (χ0) is 15.1.